The van der Waals surface area contributed by atoms with Gasteiger partial charge in [0.15, 0.2) is 0 Å². The van der Waals surface area contributed by atoms with Crippen molar-refractivity contribution in [1.82, 2.24) is 9.80 Å². The Kier molecular flexibility index (Phi) is 5.49. The maximum Gasteiger partial charge on any atom is 0.254 e. The minimum atomic E-state index is 0.226. The minimum absolute atomic E-state index is 0.226. The lowest BCUT2D eigenvalue weighted by Gasteiger charge is -2.37. The third kappa shape index (κ3) is 3.89. The molecule has 0 unspecified atom stereocenters. The number of amides is 1. The normalized spacial score (nSPS) is 23.5. The van der Waals surface area contributed by atoms with Gasteiger partial charge in [-0.1, -0.05) is 24.6 Å². The number of likely N-dealkylation sites (tertiary alicyclic amines) is 2. The Hall–Kier alpha value is -1.35. The molecule has 0 aromatic heterocycles. The summed E-state index contributed by atoms with van der Waals surface area (Å²) in [6.07, 6.45) is 8.81. The molecule has 0 saturated carbocycles. The second-order valence-electron chi connectivity index (χ2n) is 6.71. The smallest absolute Gasteiger partial charge is 0.254 e. The number of piperidine rings is 2. The van der Waals surface area contributed by atoms with Crippen LogP contribution in [0, 0.1) is 0 Å². The lowest BCUT2D eigenvalue weighted by atomic mass is 9.97. The van der Waals surface area contributed by atoms with E-state index in [1.165, 1.54) is 45.2 Å². The van der Waals surface area contributed by atoms with Gasteiger partial charge in [-0.25, -0.2) is 0 Å². The first-order chi connectivity index (χ1) is 10.8. The van der Waals surface area contributed by atoms with E-state index in [1.54, 1.807) is 0 Å². The van der Waals surface area contributed by atoms with E-state index in [9.17, 15) is 4.79 Å². The molecule has 2 fully saturated rings. The third-order valence-electron chi connectivity index (χ3n) is 5.14. The summed E-state index contributed by atoms with van der Waals surface area (Å²) in [4.78, 5) is 17.5. The van der Waals surface area contributed by atoms with Crippen molar-refractivity contribution in [2.24, 2.45) is 0 Å². The summed E-state index contributed by atoms with van der Waals surface area (Å²) in [5.41, 5.74) is 0.840. The molecule has 2 heterocycles. The van der Waals surface area contributed by atoms with Gasteiger partial charge in [0.25, 0.3) is 5.91 Å². The van der Waals surface area contributed by atoms with E-state index in [-0.39, 0.29) is 5.91 Å². The molecule has 2 aliphatic heterocycles. The van der Waals surface area contributed by atoms with Gasteiger partial charge >= 0.3 is 0 Å². The molecule has 3 heteroatoms. The predicted octanol–water partition coefficient (Wildman–Crippen LogP) is 3.56. The van der Waals surface area contributed by atoms with Crippen LogP contribution in [0.3, 0.4) is 0 Å². The Morgan fingerprint density at radius 3 is 2.45 bits per heavy atom. The van der Waals surface area contributed by atoms with Crippen LogP contribution in [-0.2, 0) is 0 Å². The van der Waals surface area contributed by atoms with E-state index in [0.29, 0.717) is 6.04 Å². The van der Waals surface area contributed by atoms with Crippen LogP contribution in [0.15, 0.2) is 30.3 Å². The molecule has 1 atom stereocenters. The fraction of sp³-hybridized carbons (Fsp3) is 0.632. The molecule has 2 aliphatic rings. The summed E-state index contributed by atoms with van der Waals surface area (Å²) in [6.45, 7) is 4.58. The molecule has 3 rings (SSSR count). The Bertz CT molecular complexity index is 468. The quantitative estimate of drug-likeness (QED) is 0.849. The number of carbonyl (C=O) groups is 1. The van der Waals surface area contributed by atoms with E-state index in [1.807, 2.05) is 30.3 Å². The van der Waals surface area contributed by atoms with E-state index in [0.717, 1.165) is 31.5 Å². The largest absolute Gasteiger partial charge is 0.336 e. The van der Waals surface area contributed by atoms with Crippen molar-refractivity contribution in [3.05, 3.63) is 35.9 Å². The first kappa shape index (κ1) is 15.5. The van der Waals surface area contributed by atoms with Crippen molar-refractivity contribution in [3.8, 4) is 0 Å². The van der Waals surface area contributed by atoms with E-state index in [4.69, 9.17) is 0 Å². The molecule has 120 valence electrons. The first-order valence-corrected chi connectivity index (χ1v) is 8.93. The first-order valence-electron chi connectivity index (χ1n) is 8.93. The van der Waals surface area contributed by atoms with Crippen molar-refractivity contribution in [3.63, 3.8) is 0 Å². The van der Waals surface area contributed by atoms with Gasteiger partial charge in [-0.15, -0.1) is 0 Å². The van der Waals surface area contributed by atoms with Gasteiger partial charge in [0.05, 0.1) is 0 Å². The molecule has 2 saturated heterocycles. The molecule has 1 aromatic rings. The highest BCUT2D eigenvalue weighted by molar-refractivity contribution is 5.94. The van der Waals surface area contributed by atoms with Crippen LogP contribution in [0.25, 0.3) is 0 Å². The van der Waals surface area contributed by atoms with E-state index in [2.05, 4.69) is 9.80 Å². The zero-order chi connectivity index (χ0) is 15.2. The van der Waals surface area contributed by atoms with Crippen LogP contribution < -0.4 is 0 Å². The lowest BCUT2D eigenvalue weighted by Crippen LogP contribution is -2.45. The molecule has 0 bridgehead atoms. The van der Waals surface area contributed by atoms with Crippen LogP contribution in [0.2, 0.25) is 0 Å². The Morgan fingerprint density at radius 1 is 0.955 bits per heavy atom. The van der Waals surface area contributed by atoms with Crippen molar-refractivity contribution in [2.75, 3.05) is 26.2 Å². The van der Waals surface area contributed by atoms with Crippen molar-refractivity contribution in [2.45, 2.75) is 51.0 Å². The van der Waals surface area contributed by atoms with Gasteiger partial charge in [0.2, 0.25) is 0 Å². The molecule has 1 amide bonds. The van der Waals surface area contributed by atoms with Crippen LogP contribution >= 0.6 is 0 Å². The van der Waals surface area contributed by atoms with Gasteiger partial charge in [-0.05, 0) is 63.7 Å². The summed E-state index contributed by atoms with van der Waals surface area (Å²) >= 11 is 0. The number of nitrogens with zero attached hydrogens (tertiary/aromatic N) is 2. The summed E-state index contributed by atoms with van der Waals surface area (Å²) in [7, 11) is 0. The minimum Gasteiger partial charge on any atom is -0.336 e. The number of carbonyl (C=O) groups excluding carboxylic acids is 1. The van der Waals surface area contributed by atoms with Gasteiger partial charge < -0.3 is 9.80 Å². The standard InChI is InChI=1S/C19H28N2O/c22-19(17-9-3-1-4-10-17)21-15-8-5-11-18(21)12-16-20-13-6-2-7-14-20/h1,3-4,9-10,18H,2,5-8,11-16H2/t18-/m1/s1. The molecule has 3 nitrogen and oxygen atoms in total. The SMILES string of the molecule is O=C(c1ccccc1)N1CCCC[C@@H]1CCN1CCCCC1. The van der Waals surface area contributed by atoms with Crippen LogP contribution in [0.5, 0.6) is 0 Å². The summed E-state index contributed by atoms with van der Waals surface area (Å²) in [5, 5.41) is 0. The number of benzene rings is 1. The topological polar surface area (TPSA) is 23.6 Å². The van der Waals surface area contributed by atoms with Gasteiger partial charge in [-0.3, -0.25) is 4.79 Å². The number of hydrogen-bond acceptors (Lipinski definition) is 2. The van der Waals surface area contributed by atoms with E-state index >= 15 is 0 Å². The fourth-order valence-corrected chi connectivity index (χ4v) is 3.83. The highest BCUT2D eigenvalue weighted by atomic mass is 16.2. The van der Waals surface area contributed by atoms with Crippen molar-refractivity contribution < 1.29 is 4.79 Å². The number of rotatable bonds is 4. The molecule has 0 aliphatic carbocycles. The maximum atomic E-state index is 12.8. The van der Waals surface area contributed by atoms with Crippen LogP contribution in [-0.4, -0.2) is 47.9 Å². The Morgan fingerprint density at radius 2 is 1.68 bits per heavy atom. The number of hydrogen-bond donors (Lipinski definition) is 0. The second-order valence-corrected chi connectivity index (χ2v) is 6.71. The Labute approximate surface area is 134 Å². The molecular weight excluding hydrogens is 272 g/mol. The monoisotopic (exact) mass is 300 g/mol. The third-order valence-corrected chi connectivity index (χ3v) is 5.14. The van der Waals surface area contributed by atoms with E-state index < -0.39 is 0 Å². The molecule has 1 aromatic carbocycles. The van der Waals surface area contributed by atoms with Gasteiger partial charge in [0, 0.05) is 24.7 Å². The zero-order valence-corrected chi connectivity index (χ0v) is 13.5. The highest BCUT2D eigenvalue weighted by Gasteiger charge is 2.27. The van der Waals surface area contributed by atoms with Crippen LogP contribution in [0.4, 0.5) is 0 Å². The predicted molar refractivity (Wildman–Crippen MR) is 90.0 cm³/mol. The lowest BCUT2D eigenvalue weighted by molar-refractivity contribution is 0.0579. The average Bonchev–Trinajstić information content (AvgIpc) is 2.61. The highest BCUT2D eigenvalue weighted by Crippen LogP contribution is 2.23. The van der Waals surface area contributed by atoms with Crippen molar-refractivity contribution >= 4 is 5.91 Å². The molecule has 22 heavy (non-hydrogen) atoms. The van der Waals surface area contributed by atoms with Gasteiger partial charge in [-0.2, -0.15) is 0 Å². The van der Waals surface area contributed by atoms with Gasteiger partial charge in [0.1, 0.15) is 0 Å². The van der Waals surface area contributed by atoms with Crippen molar-refractivity contribution in [1.29, 1.82) is 0 Å². The fourth-order valence-electron chi connectivity index (χ4n) is 3.83. The molecule has 0 N–H and O–H groups in total. The molecular formula is C19H28N2O. The summed E-state index contributed by atoms with van der Waals surface area (Å²) in [6, 6.07) is 10.2. The average molecular weight is 300 g/mol. The molecule has 0 radical (unpaired) electrons. The maximum absolute atomic E-state index is 12.8. The summed E-state index contributed by atoms with van der Waals surface area (Å²) < 4.78 is 0. The molecule has 0 spiro atoms. The zero-order valence-electron chi connectivity index (χ0n) is 13.5. The Balaban J connectivity index is 1.59. The second kappa shape index (κ2) is 7.77. The van der Waals surface area contributed by atoms with Crippen LogP contribution in [0.1, 0.15) is 55.3 Å². The summed E-state index contributed by atoms with van der Waals surface area (Å²) in [5.74, 6) is 0.226.